The van der Waals surface area contributed by atoms with E-state index in [0.717, 1.165) is 0 Å². The fourth-order valence-electron chi connectivity index (χ4n) is 1.44. The van der Waals surface area contributed by atoms with Crippen LogP contribution in [0, 0.1) is 0 Å². The van der Waals surface area contributed by atoms with E-state index < -0.39 is 25.5 Å². The summed E-state index contributed by atoms with van der Waals surface area (Å²) >= 11 is 0. The number of nitrogens with one attached hydrogen (secondary N) is 2. The number of esters is 1. The van der Waals surface area contributed by atoms with Crippen LogP contribution in [0.15, 0.2) is 0 Å². The Morgan fingerprint density at radius 3 is 2.21 bits per heavy atom. The van der Waals surface area contributed by atoms with E-state index in [4.69, 9.17) is 9.47 Å². The highest BCUT2D eigenvalue weighted by Crippen LogP contribution is 2.32. The molecule has 0 aliphatic carbocycles. The Morgan fingerprint density at radius 2 is 1.74 bits per heavy atom. The Kier molecular flexibility index (Phi) is 8.09. The number of rotatable bonds is 9. The molecule has 2 N–H and O–H groups in total. The van der Waals surface area contributed by atoms with Crippen molar-refractivity contribution in [2.45, 2.75) is 32.9 Å². The van der Waals surface area contributed by atoms with Gasteiger partial charge in [-0.05, 0) is 20.8 Å². The average molecular weight is 294 g/mol. The maximum atomic E-state index is 12.2. The third kappa shape index (κ3) is 7.42. The van der Waals surface area contributed by atoms with Crippen LogP contribution in [0.2, 0.25) is 0 Å². The van der Waals surface area contributed by atoms with Crippen LogP contribution in [0.3, 0.4) is 0 Å². The van der Waals surface area contributed by atoms with Crippen LogP contribution >= 0.6 is 7.44 Å². The van der Waals surface area contributed by atoms with Crippen LogP contribution in [0.25, 0.3) is 0 Å². The van der Waals surface area contributed by atoms with Crippen LogP contribution in [0.5, 0.6) is 0 Å². The van der Waals surface area contributed by atoms with E-state index in [1.54, 1.807) is 20.8 Å². The molecule has 8 heteroatoms. The number of Topliss-reactive ketones (excluding diaryl/α,β-unsaturated/α-hetero) is 1. The highest BCUT2D eigenvalue weighted by molar-refractivity contribution is 7.59. The zero-order valence-electron chi connectivity index (χ0n) is 12.1. The number of hydrogen-bond acceptors (Lipinski definition) is 5. The van der Waals surface area contributed by atoms with Crippen molar-refractivity contribution in [1.82, 2.24) is 10.2 Å². The van der Waals surface area contributed by atoms with Crippen molar-refractivity contribution in [3.8, 4) is 0 Å². The van der Waals surface area contributed by atoms with E-state index in [1.165, 1.54) is 13.8 Å². The van der Waals surface area contributed by atoms with Gasteiger partial charge in [0.25, 0.3) is 0 Å². The molecule has 7 nitrogen and oxygen atoms in total. The summed E-state index contributed by atoms with van der Waals surface area (Å²) in [5.74, 6) is -0.697. The summed E-state index contributed by atoms with van der Waals surface area (Å²) in [6.45, 7) is 6.46. The molecule has 0 heterocycles. The van der Waals surface area contributed by atoms with Gasteiger partial charge in [-0.1, -0.05) is 0 Å². The van der Waals surface area contributed by atoms with Gasteiger partial charge in [0.1, 0.15) is 12.6 Å². The predicted octanol–water partition coefficient (Wildman–Crippen LogP) is 0.544. The van der Waals surface area contributed by atoms with E-state index in [-0.39, 0.29) is 19.0 Å². The predicted molar refractivity (Wildman–Crippen MR) is 72.2 cm³/mol. The molecule has 0 aliphatic rings. The van der Waals surface area contributed by atoms with E-state index in [9.17, 15) is 14.2 Å². The molecule has 0 aromatic carbocycles. The van der Waals surface area contributed by atoms with Gasteiger partial charge in [0, 0.05) is 13.8 Å². The summed E-state index contributed by atoms with van der Waals surface area (Å²) in [6, 6.07) is -1.34. The monoisotopic (exact) mass is 294 g/mol. The summed E-state index contributed by atoms with van der Waals surface area (Å²) < 4.78 is 21.7. The minimum absolute atomic E-state index is 0.0540. The maximum absolute atomic E-state index is 12.2. The Hall–Kier alpha value is -0.750. The summed E-state index contributed by atoms with van der Waals surface area (Å²) in [6.07, 6.45) is 0. The molecule has 112 valence electrons. The molecule has 0 amide bonds. The lowest BCUT2D eigenvalue weighted by Crippen LogP contribution is -2.41. The van der Waals surface area contributed by atoms with Gasteiger partial charge in [-0.2, -0.15) is 0 Å². The molecule has 0 aromatic heterocycles. The number of methoxy groups -OCH3 is 1. The molecule has 0 aliphatic heterocycles. The summed E-state index contributed by atoms with van der Waals surface area (Å²) in [4.78, 5) is 22.9. The summed E-state index contributed by atoms with van der Waals surface area (Å²) in [7, 11) is -1.62. The van der Waals surface area contributed by atoms with Crippen molar-refractivity contribution in [2.24, 2.45) is 0 Å². The van der Waals surface area contributed by atoms with Crippen LogP contribution in [0.1, 0.15) is 20.8 Å². The lowest BCUT2D eigenvalue weighted by molar-refractivity contribution is -0.144. The van der Waals surface area contributed by atoms with Crippen LogP contribution < -0.4 is 10.2 Å². The van der Waals surface area contributed by atoms with E-state index in [1.807, 2.05) is 0 Å². The zero-order valence-corrected chi connectivity index (χ0v) is 13.0. The van der Waals surface area contributed by atoms with Crippen molar-refractivity contribution < 1.29 is 23.6 Å². The number of carbonyl (C=O) groups is 2. The van der Waals surface area contributed by atoms with Gasteiger partial charge >= 0.3 is 5.97 Å². The molecule has 0 rings (SSSR count). The largest absolute Gasteiger partial charge is 0.465 e. The molecule has 0 radical (unpaired) electrons. The standard InChI is InChI=1S/C11H23N2O5P/c1-6-18-11(15)9(3)13-19(5,16)12-8(2)10(14)7-17-4/h8-9H,6-7H2,1-5H3,(H2,12,13,16)/t8-,9-,19?/m0/s1. The minimum atomic E-state index is -3.04. The molecule has 1 unspecified atom stereocenters. The fourth-order valence-corrected chi connectivity index (χ4v) is 3.24. The van der Waals surface area contributed by atoms with Gasteiger partial charge in [0.05, 0.1) is 12.6 Å². The topological polar surface area (TPSA) is 93.7 Å². The van der Waals surface area contributed by atoms with E-state index in [2.05, 4.69) is 10.2 Å². The van der Waals surface area contributed by atoms with Gasteiger partial charge in [-0.25, -0.2) is 10.2 Å². The molecular formula is C11H23N2O5P. The normalized spacial score (nSPS) is 17.3. The van der Waals surface area contributed by atoms with Gasteiger partial charge in [-0.3, -0.25) is 14.2 Å². The minimum Gasteiger partial charge on any atom is -0.465 e. The fraction of sp³-hybridized carbons (Fsp3) is 0.818. The first-order valence-electron chi connectivity index (χ1n) is 6.05. The third-order valence-corrected chi connectivity index (χ3v) is 4.05. The highest BCUT2D eigenvalue weighted by atomic mass is 31.2. The smallest absolute Gasteiger partial charge is 0.323 e. The van der Waals surface area contributed by atoms with Crippen LogP contribution in [-0.2, 0) is 23.6 Å². The number of hydrogen-bond donors (Lipinski definition) is 2. The molecule has 3 atom stereocenters. The lowest BCUT2D eigenvalue weighted by Gasteiger charge is -2.23. The van der Waals surface area contributed by atoms with Crippen molar-refractivity contribution in [3.63, 3.8) is 0 Å². The SMILES string of the molecule is CCOC(=O)[C@H](C)NP(C)(=O)N[C@@H](C)C(=O)COC. The van der Waals surface area contributed by atoms with Crippen molar-refractivity contribution in [1.29, 1.82) is 0 Å². The van der Waals surface area contributed by atoms with Gasteiger partial charge in [0.2, 0.25) is 7.44 Å². The van der Waals surface area contributed by atoms with E-state index >= 15 is 0 Å². The van der Waals surface area contributed by atoms with E-state index in [0.29, 0.717) is 0 Å². The number of carbonyl (C=O) groups excluding carboxylic acids is 2. The Morgan fingerprint density at radius 1 is 1.21 bits per heavy atom. The first-order chi connectivity index (χ1) is 8.73. The lowest BCUT2D eigenvalue weighted by atomic mass is 10.2. The Balaban J connectivity index is 4.43. The van der Waals surface area contributed by atoms with Crippen LogP contribution in [0.4, 0.5) is 0 Å². The molecule has 0 aromatic rings. The zero-order chi connectivity index (χ0) is 15.1. The molecular weight excluding hydrogens is 271 g/mol. The quantitative estimate of drug-likeness (QED) is 0.473. The van der Waals surface area contributed by atoms with Gasteiger partial charge < -0.3 is 9.47 Å². The maximum Gasteiger partial charge on any atom is 0.323 e. The summed E-state index contributed by atoms with van der Waals surface area (Å²) in [5, 5.41) is 5.32. The van der Waals surface area contributed by atoms with Crippen molar-refractivity contribution in [2.75, 3.05) is 27.0 Å². The van der Waals surface area contributed by atoms with Crippen LogP contribution in [-0.4, -0.2) is 50.8 Å². The molecule has 0 saturated carbocycles. The highest BCUT2D eigenvalue weighted by Gasteiger charge is 2.26. The van der Waals surface area contributed by atoms with Gasteiger partial charge in [0.15, 0.2) is 5.78 Å². The second-order valence-corrected chi connectivity index (χ2v) is 6.64. The molecule has 0 spiro atoms. The first kappa shape index (κ1) is 18.2. The third-order valence-electron chi connectivity index (χ3n) is 2.29. The Labute approximate surface area is 113 Å². The van der Waals surface area contributed by atoms with Crippen molar-refractivity contribution >= 4 is 19.2 Å². The molecule has 0 bridgehead atoms. The molecule has 19 heavy (non-hydrogen) atoms. The summed E-state index contributed by atoms with van der Waals surface area (Å²) in [5.41, 5.74) is 0. The second kappa shape index (κ2) is 8.43. The molecule has 0 saturated heterocycles. The first-order valence-corrected chi connectivity index (χ1v) is 8.20. The molecule has 0 fully saturated rings. The Bertz CT molecular complexity index is 331. The van der Waals surface area contributed by atoms with Crippen molar-refractivity contribution in [3.05, 3.63) is 0 Å². The van der Waals surface area contributed by atoms with Gasteiger partial charge in [-0.15, -0.1) is 0 Å². The second-order valence-electron chi connectivity index (χ2n) is 4.28. The number of ether oxygens (including phenoxy) is 2. The average Bonchev–Trinajstić information content (AvgIpc) is 2.28. The number of ketones is 1.